The number of amides is 1. The van der Waals surface area contributed by atoms with E-state index in [1.807, 2.05) is 31.2 Å². The Morgan fingerprint density at radius 2 is 1.61 bits per heavy atom. The first-order valence-corrected chi connectivity index (χ1v) is 8.93. The van der Waals surface area contributed by atoms with Crippen LogP contribution in [0.15, 0.2) is 65.1 Å². The Balaban J connectivity index is 1.47. The number of rotatable bonds is 8. The minimum atomic E-state index is -0.326. The second-order valence-electron chi connectivity index (χ2n) is 6.40. The number of furan rings is 1. The molecular formula is C22H22FNO4. The number of halogens is 1. The lowest BCUT2D eigenvalue weighted by atomic mass is 10.2. The van der Waals surface area contributed by atoms with E-state index in [0.29, 0.717) is 24.7 Å². The van der Waals surface area contributed by atoms with Gasteiger partial charge in [-0.15, -0.1) is 0 Å². The lowest BCUT2D eigenvalue weighted by Gasteiger charge is -2.16. The molecule has 0 atom stereocenters. The molecule has 3 rings (SSSR count). The fourth-order valence-electron chi connectivity index (χ4n) is 2.48. The van der Waals surface area contributed by atoms with Crippen molar-refractivity contribution >= 4 is 5.91 Å². The van der Waals surface area contributed by atoms with E-state index >= 15 is 0 Å². The van der Waals surface area contributed by atoms with Gasteiger partial charge in [0.25, 0.3) is 5.91 Å². The highest BCUT2D eigenvalue weighted by molar-refractivity contribution is 5.91. The lowest BCUT2D eigenvalue weighted by molar-refractivity contribution is 0.0738. The van der Waals surface area contributed by atoms with Gasteiger partial charge in [-0.2, -0.15) is 0 Å². The van der Waals surface area contributed by atoms with Gasteiger partial charge in [0.2, 0.25) is 0 Å². The topological polar surface area (TPSA) is 51.9 Å². The third-order valence-electron chi connectivity index (χ3n) is 4.13. The van der Waals surface area contributed by atoms with E-state index in [0.717, 1.165) is 11.3 Å². The van der Waals surface area contributed by atoms with Crippen LogP contribution >= 0.6 is 0 Å². The van der Waals surface area contributed by atoms with Crippen LogP contribution in [0.25, 0.3) is 0 Å². The molecule has 1 heterocycles. The quantitative estimate of drug-likeness (QED) is 0.576. The SMILES string of the molecule is Cc1ccc(OCCN(C)C(=O)c2ccc(COc3ccc(F)cc3)o2)cc1. The molecule has 0 radical (unpaired) electrons. The van der Waals surface area contributed by atoms with E-state index in [1.165, 1.54) is 29.2 Å². The fraction of sp³-hybridized carbons (Fsp3) is 0.227. The van der Waals surface area contributed by atoms with E-state index in [4.69, 9.17) is 13.9 Å². The van der Waals surface area contributed by atoms with Crippen LogP contribution in [0.4, 0.5) is 4.39 Å². The maximum absolute atomic E-state index is 12.9. The average molecular weight is 383 g/mol. The normalized spacial score (nSPS) is 10.5. The predicted octanol–water partition coefficient (Wildman–Crippen LogP) is 4.46. The standard InChI is InChI=1S/C22H22FNO4/c1-16-3-7-18(8-4-16)26-14-13-24(2)22(25)21-12-11-20(28-21)15-27-19-9-5-17(23)6-10-19/h3-12H,13-15H2,1-2H3. The number of ether oxygens (including phenoxy) is 2. The third-order valence-corrected chi connectivity index (χ3v) is 4.13. The van der Waals surface area contributed by atoms with Gasteiger partial charge < -0.3 is 18.8 Å². The molecule has 146 valence electrons. The monoisotopic (exact) mass is 383 g/mol. The van der Waals surface area contributed by atoms with Crippen LogP contribution in [0, 0.1) is 12.7 Å². The van der Waals surface area contributed by atoms with Crippen molar-refractivity contribution in [3.05, 3.63) is 83.6 Å². The molecule has 3 aromatic rings. The van der Waals surface area contributed by atoms with Gasteiger partial charge in [-0.3, -0.25) is 4.79 Å². The van der Waals surface area contributed by atoms with E-state index in [9.17, 15) is 9.18 Å². The van der Waals surface area contributed by atoms with Crippen LogP contribution in [0.1, 0.15) is 21.9 Å². The number of carbonyl (C=O) groups excluding carboxylic acids is 1. The zero-order valence-corrected chi connectivity index (χ0v) is 15.9. The molecule has 0 aliphatic carbocycles. The summed E-state index contributed by atoms with van der Waals surface area (Å²) in [6.45, 7) is 2.97. The van der Waals surface area contributed by atoms with Crippen LogP contribution in [0.2, 0.25) is 0 Å². The number of hydrogen-bond donors (Lipinski definition) is 0. The molecule has 6 heteroatoms. The molecule has 0 saturated carbocycles. The summed E-state index contributed by atoms with van der Waals surface area (Å²) in [4.78, 5) is 14.0. The lowest BCUT2D eigenvalue weighted by Crippen LogP contribution is -2.30. The number of aryl methyl sites for hydroxylation is 1. The summed E-state index contributed by atoms with van der Waals surface area (Å²) in [6.07, 6.45) is 0. The zero-order chi connectivity index (χ0) is 19.9. The van der Waals surface area contributed by atoms with Crippen molar-refractivity contribution in [1.82, 2.24) is 4.90 Å². The van der Waals surface area contributed by atoms with Crippen molar-refractivity contribution in [1.29, 1.82) is 0 Å². The van der Waals surface area contributed by atoms with Crippen LogP contribution in [0.5, 0.6) is 11.5 Å². The Labute approximate surface area is 163 Å². The molecule has 0 N–H and O–H groups in total. The van der Waals surface area contributed by atoms with Gasteiger partial charge in [-0.25, -0.2) is 4.39 Å². The first-order valence-electron chi connectivity index (χ1n) is 8.93. The summed E-state index contributed by atoms with van der Waals surface area (Å²) in [5.41, 5.74) is 1.16. The number of carbonyl (C=O) groups is 1. The summed E-state index contributed by atoms with van der Waals surface area (Å²) >= 11 is 0. The minimum absolute atomic E-state index is 0.152. The zero-order valence-electron chi connectivity index (χ0n) is 15.9. The van der Waals surface area contributed by atoms with Crippen LogP contribution in [-0.4, -0.2) is 31.0 Å². The number of nitrogens with zero attached hydrogens (tertiary/aromatic N) is 1. The molecule has 28 heavy (non-hydrogen) atoms. The Hall–Kier alpha value is -3.28. The maximum Gasteiger partial charge on any atom is 0.289 e. The second kappa shape index (κ2) is 9.08. The summed E-state index contributed by atoms with van der Waals surface area (Å²) in [5, 5.41) is 0. The van der Waals surface area contributed by atoms with E-state index in [-0.39, 0.29) is 24.1 Å². The Morgan fingerprint density at radius 1 is 0.964 bits per heavy atom. The van der Waals surface area contributed by atoms with Gasteiger partial charge in [0, 0.05) is 7.05 Å². The summed E-state index contributed by atoms with van der Waals surface area (Å²) in [5.74, 6) is 1.47. The second-order valence-corrected chi connectivity index (χ2v) is 6.40. The molecule has 2 aromatic carbocycles. The maximum atomic E-state index is 12.9. The smallest absolute Gasteiger partial charge is 0.289 e. The molecule has 5 nitrogen and oxygen atoms in total. The highest BCUT2D eigenvalue weighted by Crippen LogP contribution is 2.16. The Morgan fingerprint density at radius 3 is 2.32 bits per heavy atom. The minimum Gasteiger partial charge on any atom is -0.492 e. The largest absolute Gasteiger partial charge is 0.492 e. The molecular weight excluding hydrogens is 361 g/mol. The third kappa shape index (κ3) is 5.36. The average Bonchev–Trinajstić information content (AvgIpc) is 3.17. The highest BCUT2D eigenvalue weighted by atomic mass is 19.1. The van der Waals surface area contributed by atoms with Gasteiger partial charge in [-0.1, -0.05) is 17.7 Å². The first-order chi connectivity index (χ1) is 13.5. The van der Waals surface area contributed by atoms with E-state index in [2.05, 4.69) is 0 Å². The van der Waals surface area contributed by atoms with Crippen molar-refractivity contribution in [2.24, 2.45) is 0 Å². The van der Waals surface area contributed by atoms with Gasteiger partial charge in [0.15, 0.2) is 5.76 Å². The fourth-order valence-corrected chi connectivity index (χ4v) is 2.48. The summed E-state index contributed by atoms with van der Waals surface area (Å²) < 4.78 is 29.6. The molecule has 0 unspecified atom stereocenters. The summed E-state index contributed by atoms with van der Waals surface area (Å²) in [7, 11) is 1.69. The van der Waals surface area contributed by atoms with Crippen molar-refractivity contribution in [2.45, 2.75) is 13.5 Å². The summed E-state index contributed by atoms with van der Waals surface area (Å²) in [6, 6.07) is 16.8. The van der Waals surface area contributed by atoms with Gasteiger partial charge in [0.1, 0.15) is 36.3 Å². The van der Waals surface area contributed by atoms with Crippen molar-refractivity contribution in [3.8, 4) is 11.5 Å². The molecule has 0 saturated heterocycles. The number of likely N-dealkylation sites (N-methyl/N-ethyl adjacent to an activating group) is 1. The highest BCUT2D eigenvalue weighted by Gasteiger charge is 2.16. The molecule has 0 fully saturated rings. The molecule has 0 aliphatic rings. The molecule has 1 aromatic heterocycles. The molecule has 0 aliphatic heterocycles. The molecule has 0 bridgehead atoms. The van der Waals surface area contributed by atoms with E-state index in [1.54, 1.807) is 19.2 Å². The van der Waals surface area contributed by atoms with E-state index < -0.39 is 0 Å². The first kappa shape index (κ1) is 19.5. The Bertz CT molecular complexity index is 903. The predicted molar refractivity (Wildman–Crippen MR) is 103 cm³/mol. The van der Waals surface area contributed by atoms with Crippen LogP contribution in [0.3, 0.4) is 0 Å². The van der Waals surface area contributed by atoms with Gasteiger partial charge in [-0.05, 0) is 55.5 Å². The van der Waals surface area contributed by atoms with Crippen LogP contribution < -0.4 is 9.47 Å². The van der Waals surface area contributed by atoms with Crippen molar-refractivity contribution in [2.75, 3.05) is 20.2 Å². The van der Waals surface area contributed by atoms with Gasteiger partial charge >= 0.3 is 0 Å². The number of benzene rings is 2. The molecule has 1 amide bonds. The molecule has 0 spiro atoms. The van der Waals surface area contributed by atoms with Crippen molar-refractivity contribution in [3.63, 3.8) is 0 Å². The van der Waals surface area contributed by atoms with Gasteiger partial charge in [0.05, 0.1) is 6.54 Å². The Kier molecular flexibility index (Phi) is 6.32. The van der Waals surface area contributed by atoms with Crippen molar-refractivity contribution < 1.29 is 23.1 Å². The van der Waals surface area contributed by atoms with Crippen LogP contribution in [-0.2, 0) is 6.61 Å². The number of hydrogen-bond acceptors (Lipinski definition) is 4.